The Morgan fingerprint density at radius 1 is 1.12 bits per heavy atom. The van der Waals surface area contributed by atoms with Crippen LogP contribution in [0.2, 0.25) is 0 Å². The first-order valence-corrected chi connectivity index (χ1v) is 4.07. The standard InChI is InChI=1S/C8H8N2O6/c11-4(5(12)7(13)14)3-1-9-6(8(15)16)10-2-3/h1-2,4-5,11-12H,(H,13,14)(H,15,16). The zero-order chi connectivity index (χ0) is 12.3. The molecule has 0 aliphatic carbocycles. The lowest BCUT2D eigenvalue weighted by Crippen LogP contribution is -2.27. The summed E-state index contributed by atoms with van der Waals surface area (Å²) < 4.78 is 0. The van der Waals surface area contributed by atoms with Gasteiger partial charge in [0.2, 0.25) is 5.82 Å². The third-order valence-electron chi connectivity index (χ3n) is 1.76. The molecule has 2 atom stereocenters. The predicted molar refractivity (Wildman–Crippen MR) is 47.6 cm³/mol. The van der Waals surface area contributed by atoms with E-state index in [1.165, 1.54) is 0 Å². The highest BCUT2D eigenvalue weighted by atomic mass is 16.4. The van der Waals surface area contributed by atoms with Gasteiger partial charge in [-0.25, -0.2) is 19.6 Å². The number of carboxylic acid groups (broad SMARTS) is 2. The van der Waals surface area contributed by atoms with Crippen molar-refractivity contribution in [1.29, 1.82) is 0 Å². The van der Waals surface area contributed by atoms with Gasteiger partial charge in [0, 0.05) is 18.0 Å². The summed E-state index contributed by atoms with van der Waals surface area (Å²) in [6.07, 6.45) is -1.85. The van der Waals surface area contributed by atoms with Crippen molar-refractivity contribution in [3.05, 3.63) is 23.8 Å². The first-order chi connectivity index (χ1) is 7.43. The van der Waals surface area contributed by atoms with Crippen molar-refractivity contribution >= 4 is 11.9 Å². The molecule has 0 aliphatic heterocycles. The number of rotatable bonds is 4. The maximum absolute atomic E-state index is 10.4. The van der Waals surface area contributed by atoms with Gasteiger partial charge in [0.25, 0.3) is 0 Å². The third-order valence-corrected chi connectivity index (χ3v) is 1.76. The van der Waals surface area contributed by atoms with E-state index in [2.05, 4.69) is 9.97 Å². The molecule has 1 aromatic rings. The second-order valence-corrected chi connectivity index (χ2v) is 2.87. The summed E-state index contributed by atoms with van der Waals surface area (Å²) in [5, 5.41) is 35.2. The number of aliphatic hydroxyl groups excluding tert-OH is 2. The molecular formula is C8H8N2O6. The van der Waals surface area contributed by atoms with E-state index in [0.717, 1.165) is 12.4 Å². The lowest BCUT2D eigenvalue weighted by atomic mass is 10.1. The number of aromatic carboxylic acids is 1. The zero-order valence-corrected chi connectivity index (χ0v) is 7.81. The molecule has 0 fully saturated rings. The molecule has 0 bridgehead atoms. The average molecular weight is 228 g/mol. The summed E-state index contributed by atoms with van der Waals surface area (Å²) in [5.74, 6) is -3.43. The largest absolute Gasteiger partial charge is 0.479 e. The van der Waals surface area contributed by atoms with Gasteiger partial charge < -0.3 is 20.4 Å². The van der Waals surface area contributed by atoms with Crippen LogP contribution in [0.3, 0.4) is 0 Å². The van der Waals surface area contributed by atoms with Crippen molar-refractivity contribution in [2.45, 2.75) is 12.2 Å². The summed E-state index contributed by atoms with van der Waals surface area (Å²) in [6, 6.07) is 0. The topological polar surface area (TPSA) is 141 Å². The van der Waals surface area contributed by atoms with E-state index < -0.39 is 30.0 Å². The number of aromatic nitrogens is 2. The number of nitrogens with zero attached hydrogens (tertiary/aromatic N) is 2. The highest BCUT2D eigenvalue weighted by Gasteiger charge is 2.25. The number of hydrogen-bond donors (Lipinski definition) is 4. The lowest BCUT2D eigenvalue weighted by Gasteiger charge is -2.13. The average Bonchev–Trinajstić information content (AvgIpc) is 2.27. The molecule has 1 heterocycles. The zero-order valence-electron chi connectivity index (χ0n) is 7.81. The Morgan fingerprint density at radius 3 is 2.00 bits per heavy atom. The van der Waals surface area contributed by atoms with E-state index in [1.54, 1.807) is 0 Å². The SMILES string of the molecule is O=C(O)c1ncc(C(O)C(O)C(=O)O)cn1. The van der Waals surface area contributed by atoms with Gasteiger partial charge in [0.15, 0.2) is 6.10 Å². The van der Waals surface area contributed by atoms with Crippen LogP contribution >= 0.6 is 0 Å². The Morgan fingerprint density at radius 2 is 1.62 bits per heavy atom. The Bertz CT molecular complexity index is 403. The van der Waals surface area contributed by atoms with Crippen LogP contribution < -0.4 is 0 Å². The minimum Gasteiger partial charge on any atom is -0.479 e. The van der Waals surface area contributed by atoms with Gasteiger partial charge in [-0.1, -0.05) is 0 Å². The maximum Gasteiger partial charge on any atom is 0.373 e. The number of carboxylic acids is 2. The van der Waals surface area contributed by atoms with Crippen molar-refractivity contribution in [3.8, 4) is 0 Å². The first-order valence-electron chi connectivity index (χ1n) is 4.07. The second kappa shape index (κ2) is 4.64. The molecule has 86 valence electrons. The molecule has 1 aromatic heterocycles. The predicted octanol–water partition coefficient (Wildman–Crippen LogP) is -1.35. The second-order valence-electron chi connectivity index (χ2n) is 2.87. The molecule has 8 heteroatoms. The molecule has 0 saturated heterocycles. The lowest BCUT2D eigenvalue weighted by molar-refractivity contribution is -0.153. The fourth-order valence-corrected chi connectivity index (χ4v) is 0.919. The van der Waals surface area contributed by atoms with Gasteiger partial charge in [-0.15, -0.1) is 0 Å². The fourth-order valence-electron chi connectivity index (χ4n) is 0.919. The molecule has 1 rings (SSSR count). The van der Waals surface area contributed by atoms with E-state index in [1.807, 2.05) is 0 Å². The number of aliphatic hydroxyl groups is 2. The molecule has 8 nitrogen and oxygen atoms in total. The highest BCUT2D eigenvalue weighted by molar-refractivity contribution is 5.82. The molecule has 4 N–H and O–H groups in total. The van der Waals surface area contributed by atoms with E-state index in [9.17, 15) is 14.7 Å². The molecule has 0 radical (unpaired) electrons. The van der Waals surface area contributed by atoms with E-state index in [-0.39, 0.29) is 5.56 Å². The van der Waals surface area contributed by atoms with E-state index >= 15 is 0 Å². The van der Waals surface area contributed by atoms with Gasteiger partial charge >= 0.3 is 11.9 Å². The summed E-state index contributed by atoms with van der Waals surface area (Å²) in [4.78, 5) is 27.5. The Kier molecular flexibility index (Phi) is 3.48. The quantitative estimate of drug-likeness (QED) is 0.495. The molecule has 16 heavy (non-hydrogen) atoms. The van der Waals surface area contributed by atoms with Gasteiger partial charge in [-0.2, -0.15) is 0 Å². The number of hydrogen-bond acceptors (Lipinski definition) is 6. The molecule has 0 aliphatic rings. The van der Waals surface area contributed by atoms with Crippen molar-refractivity contribution < 1.29 is 30.0 Å². The normalized spacial score (nSPS) is 14.1. The maximum atomic E-state index is 10.4. The summed E-state index contributed by atoms with van der Waals surface area (Å²) in [7, 11) is 0. The number of aliphatic carboxylic acids is 1. The van der Waals surface area contributed by atoms with Crippen LogP contribution in [0.1, 0.15) is 22.3 Å². The molecule has 0 amide bonds. The van der Waals surface area contributed by atoms with Crippen molar-refractivity contribution in [3.63, 3.8) is 0 Å². The molecule has 0 saturated carbocycles. The van der Waals surface area contributed by atoms with Crippen LogP contribution in [0.25, 0.3) is 0 Å². The summed E-state index contributed by atoms with van der Waals surface area (Å²) in [6.45, 7) is 0. The Labute approximate surface area is 88.8 Å². The van der Waals surface area contributed by atoms with Gasteiger partial charge in [-0.3, -0.25) is 0 Å². The minimum absolute atomic E-state index is 0.0834. The third kappa shape index (κ3) is 2.49. The van der Waals surface area contributed by atoms with Gasteiger partial charge in [0.05, 0.1) is 0 Å². The Balaban J connectivity index is 2.89. The monoisotopic (exact) mass is 228 g/mol. The summed E-state index contributed by atoms with van der Waals surface area (Å²) in [5.41, 5.74) is -0.0834. The first kappa shape index (κ1) is 12.0. The fraction of sp³-hybridized carbons (Fsp3) is 0.250. The highest BCUT2D eigenvalue weighted by Crippen LogP contribution is 2.15. The summed E-state index contributed by atoms with van der Waals surface area (Å²) >= 11 is 0. The Hall–Kier alpha value is -2.06. The van der Waals surface area contributed by atoms with Gasteiger partial charge in [-0.05, 0) is 0 Å². The smallest absolute Gasteiger partial charge is 0.373 e. The van der Waals surface area contributed by atoms with E-state index in [0.29, 0.717) is 0 Å². The van der Waals surface area contributed by atoms with Crippen molar-refractivity contribution in [1.82, 2.24) is 9.97 Å². The van der Waals surface area contributed by atoms with E-state index in [4.69, 9.17) is 15.3 Å². The van der Waals surface area contributed by atoms with Crippen molar-refractivity contribution in [2.75, 3.05) is 0 Å². The molecule has 0 aromatic carbocycles. The van der Waals surface area contributed by atoms with Crippen LogP contribution in [0.5, 0.6) is 0 Å². The van der Waals surface area contributed by atoms with Crippen LogP contribution in [0.4, 0.5) is 0 Å². The molecule has 2 unspecified atom stereocenters. The van der Waals surface area contributed by atoms with Crippen LogP contribution in [0, 0.1) is 0 Å². The number of carbonyl (C=O) groups is 2. The van der Waals surface area contributed by atoms with Crippen LogP contribution in [-0.4, -0.2) is 48.4 Å². The van der Waals surface area contributed by atoms with Gasteiger partial charge in [0.1, 0.15) is 6.10 Å². The van der Waals surface area contributed by atoms with Crippen LogP contribution in [-0.2, 0) is 4.79 Å². The molecule has 0 spiro atoms. The van der Waals surface area contributed by atoms with Crippen LogP contribution in [0.15, 0.2) is 12.4 Å². The minimum atomic E-state index is -2.01. The van der Waals surface area contributed by atoms with Crippen molar-refractivity contribution in [2.24, 2.45) is 0 Å². The molecular weight excluding hydrogens is 220 g/mol.